The Kier molecular flexibility index (Phi) is 7.98. The molecule has 0 radical (unpaired) electrons. The van der Waals surface area contributed by atoms with Gasteiger partial charge in [0.1, 0.15) is 23.0 Å². The molecule has 5 rings (SSSR count). The predicted molar refractivity (Wildman–Crippen MR) is 145 cm³/mol. The fraction of sp³-hybridized carbons (Fsp3) is 0.207. The van der Waals surface area contributed by atoms with E-state index in [4.69, 9.17) is 4.74 Å². The molecule has 1 saturated heterocycles. The number of aromatic hydroxyl groups is 2. The number of benzene rings is 4. The van der Waals surface area contributed by atoms with Crippen molar-refractivity contribution in [3.63, 3.8) is 0 Å². The molecule has 36 heavy (non-hydrogen) atoms. The molecule has 4 aromatic carbocycles. The molecule has 6 nitrogen and oxygen atoms in total. The number of carbonyl (C=O) groups is 1. The van der Waals surface area contributed by atoms with Gasteiger partial charge in [0.05, 0.1) is 12.2 Å². The number of carbonyl (C=O) groups excluding carboxylic acids is 1. The van der Waals surface area contributed by atoms with Crippen molar-refractivity contribution in [2.24, 2.45) is 0 Å². The van der Waals surface area contributed by atoms with Crippen LogP contribution in [0.25, 0.3) is 21.9 Å². The largest absolute Gasteiger partial charge is 0.508 e. The number of halogens is 1. The highest BCUT2D eigenvalue weighted by Gasteiger charge is 2.21. The summed E-state index contributed by atoms with van der Waals surface area (Å²) >= 11 is 0. The first-order valence-corrected chi connectivity index (χ1v) is 11.9. The Morgan fingerprint density at radius 1 is 0.861 bits per heavy atom. The number of para-hydroxylation sites is 1. The van der Waals surface area contributed by atoms with E-state index in [0.717, 1.165) is 42.3 Å². The molecule has 1 amide bonds. The Morgan fingerprint density at radius 3 is 2.28 bits per heavy atom. The van der Waals surface area contributed by atoms with Gasteiger partial charge in [0.2, 0.25) is 5.91 Å². The Hall–Kier alpha value is -3.74. The topological polar surface area (TPSA) is 82.0 Å². The van der Waals surface area contributed by atoms with Gasteiger partial charge in [-0.3, -0.25) is 9.69 Å². The van der Waals surface area contributed by atoms with Crippen molar-refractivity contribution < 1.29 is 19.7 Å². The molecular formula is C29H29ClN2O4. The van der Waals surface area contributed by atoms with Crippen molar-refractivity contribution in [1.29, 1.82) is 0 Å². The summed E-state index contributed by atoms with van der Waals surface area (Å²) in [6.45, 7) is 2.17. The highest BCUT2D eigenvalue weighted by atomic mass is 35.5. The monoisotopic (exact) mass is 504 g/mol. The second-order valence-electron chi connectivity index (χ2n) is 8.88. The molecule has 0 saturated carbocycles. The smallest absolute Gasteiger partial charge is 0.238 e. The number of ether oxygens (including phenoxy) is 1. The van der Waals surface area contributed by atoms with E-state index in [0.29, 0.717) is 29.3 Å². The molecular weight excluding hydrogens is 476 g/mol. The van der Waals surface area contributed by atoms with Crippen LogP contribution < -0.4 is 10.1 Å². The summed E-state index contributed by atoms with van der Waals surface area (Å²) < 4.78 is 6.41. The highest BCUT2D eigenvalue weighted by Crippen LogP contribution is 2.45. The molecule has 7 heteroatoms. The molecule has 0 aliphatic carbocycles. The lowest BCUT2D eigenvalue weighted by Crippen LogP contribution is -2.36. The summed E-state index contributed by atoms with van der Waals surface area (Å²) in [5.41, 5.74) is 2.08. The first-order chi connectivity index (χ1) is 17.1. The molecule has 4 aromatic rings. The van der Waals surface area contributed by atoms with Crippen LogP contribution in [0, 0.1) is 0 Å². The van der Waals surface area contributed by atoms with Crippen molar-refractivity contribution in [3.05, 3.63) is 78.9 Å². The van der Waals surface area contributed by atoms with E-state index in [2.05, 4.69) is 10.2 Å². The maximum absolute atomic E-state index is 13.1. The third-order valence-electron chi connectivity index (χ3n) is 6.29. The van der Waals surface area contributed by atoms with Crippen molar-refractivity contribution in [2.45, 2.75) is 19.3 Å². The van der Waals surface area contributed by atoms with E-state index in [1.807, 2.05) is 42.5 Å². The molecule has 1 heterocycles. The summed E-state index contributed by atoms with van der Waals surface area (Å²) in [5, 5.41) is 24.7. The number of phenolic OH excluding ortho intramolecular Hbond substituents is 2. The first kappa shape index (κ1) is 25.4. The molecule has 0 bridgehead atoms. The first-order valence-electron chi connectivity index (χ1n) is 11.9. The fourth-order valence-electron chi connectivity index (χ4n) is 4.60. The number of nitrogens with zero attached hydrogens (tertiary/aromatic N) is 1. The zero-order valence-electron chi connectivity index (χ0n) is 19.8. The molecule has 0 unspecified atom stereocenters. The van der Waals surface area contributed by atoms with Gasteiger partial charge >= 0.3 is 0 Å². The predicted octanol–water partition coefficient (Wildman–Crippen LogP) is 6.56. The number of anilines is 1. The minimum atomic E-state index is -0.0999. The maximum Gasteiger partial charge on any atom is 0.238 e. The Morgan fingerprint density at radius 2 is 1.56 bits per heavy atom. The number of likely N-dealkylation sites (tertiary alicyclic amines) is 1. The van der Waals surface area contributed by atoms with E-state index < -0.39 is 0 Å². The molecule has 1 aliphatic rings. The van der Waals surface area contributed by atoms with Gasteiger partial charge in [0, 0.05) is 10.9 Å². The van der Waals surface area contributed by atoms with Gasteiger partial charge in [-0.1, -0.05) is 36.8 Å². The van der Waals surface area contributed by atoms with Crippen molar-refractivity contribution in [3.8, 4) is 34.1 Å². The summed E-state index contributed by atoms with van der Waals surface area (Å²) in [6, 6.07) is 23.2. The normalized spacial score (nSPS) is 13.7. The molecule has 0 atom stereocenters. The standard InChI is InChI=1S/C29H28N2O4.ClH/c32-22-11-9-20(10-12-22)28-26(30-27(34)19-31-15-5-2-6-16-31)18-21-17-23(33)13-14-25(21)29(28)35-24-7-3-1-4-8-24;/h1,3-4,7-14,17-18,32-33H,2,5-6,15-16,19H2,(H,30,34);1H. The van der Waals surface area contributed by atoms with Gasteiger partial charge < -0.3 is 20.3 Å². The van der Waals surface area contributed by atoms with E-state index >= 15 is 0 Å². The van der Waals surface area contributed by atoms with E-state index in [9.17, 15) is 15.0 Å². The van der Waals surface area contributed by atoms with Crippen molar-refractivity contribution in [1.82, 2.24) is 4.90 Å². The number of hydrogen-bond acceptors (Lipinski definition) is 5. The number of rotatable bonds is 6. The van der Waals surface area contributed by atoms with Gasteiger partial charge in [-0.05, 0) is 85.4 Å². The number of piperidine rings is 1. The van der Waals surface area contributed by atoms with E-state index in [-0.39, 0.29) is 29.8 Å². The average Bonchev–Trinajstić information content (AvgIpc) is 2.86. The van der Waals surface area contributed by atoms with Gasteiger partial charge in [0.25, 0.3) is 0 Å². The number of amides is 1. The van der Waals surface area contributed by atoms with E-state index in [1.165, 1.54) is 6.42 Å². The fourth-order valence-corrected chi connectivity index (χ4v) is 4.60. The zero-order chi connectivity index (χ0) is 24.2. The molecule has 186 valence electrons. The van der Waals surface area contributed by atoms with Crippen LogP contribution in [0.3, 0.4) is 0 Å². The Bertz CT molecular complexity index is 1340. The molecule has 0 aromatic heterocycles. The lowest BCUT2D eigenvalue weighted by molar-refractivity contribution is -0.117. The lowest BCUT2D eigenvalue weighted by atomic mass is 9.96. The highest BCUT2D eigenvalue weighted by molar-refractivity contribution is 6.06. The van der Waals surface area contributed by atoms with Crippen LogP contribution in [-0.2, 0) is 4.79 Å². The number of hydrogen-bond donors (Lipinski definition) is 3. The second kappa shape index (κ2) is 11.3. The minimum absolute atomic E-state index is 0. The van der Waals surface area contributed by atoms with Crippen molar-refractivity contribution in [2.75, 3.05) is 25.0 Å². The van der Waals surface area contributed by atoms with Crippen LogP contribution in [0.4, 0.5) is 5.69 Å². The molecule has 0 spiro atoms. The summed E-state index contributed by atoms with van der Waals surface area (Å²) in [6.07, 6.45) is 3.42. The second-order valence-corrected chi connectivity index (χ2v) is 8.88. The lowest BCUT2D eigenvalue weighted by Gasteiger charge is -2.26. The Labute approximate surface area is 216 Å². The quantitative estimate of drug-likeness (QED) is 0.277. The third kappa shape index (κ3) is 5.73. The van der Waals surface area contributed by atoms with Gasteiger partial charge in [0.15, 0.2) is 0 Å². The summed E-state index contributed by atoms with van der Waals surface area (Å²) in [7, 11) is 0. The van der Waals surface area contributed by atoms with E-state index in [1.54, 1.807) is 36.4 Å². The van der Waals surface area contributed by atoms with Crippen molar-refractivity contribution >= 4 is 34.8 Å². The summed E-state index contributed by atoms with van der Waals surface area (Å²) in [4.78, 5) is 15.3. The zero-order valence-corrected chi connectivity index (χ0v) is 20.6. The van der Waals surface area contributed by atoms with Crippen LogP contribution in [0.5, 0.6) is 23.0 Å². The van der Waals surface area contributed by atoms with Crippen LogP contribution in [-0.4, -0.2) is 40.7 Å². The summed E-state index contributed by atoms with van der Waals surface area (Å²) in [5.74, 6) is 1.40. The van der Waals surface area contributed by atoms with Gasteiger partial charge in [-0.15, -0.1) is 12.4 Å². The minimum Gasteiger partial charge on any atom is -0.508 e. The van der Waals surface area contributed by atoms with Gasteiger partial charge in [-0.2, -0.15) is 0 Å². The molecule has 1 aliphatic heterocycles. The molecule has 1 fully saturated rings. The third-order valence-corrected chi connectivity index (χ3v) is 6.29. The van der Waals surface area contributed by atoms with Gasteiger partial charge in [-0.25, -0.2) is 0 Å². The number of nitrogens with one attached hydrogen (secondary N) is 1. The number of phenols is 2. The average molecular weight is 505 g/mol. The number of fused-ring (bicyclic) bond motifs is 1. The maximum atomic E-state index is 13.1. The van der Waals surface area contributed by atoms with Crippen LogP contribution in [0.15, 0.2) is 78.9 Å². The van der Waals surface area contributed by atoms with Crippen LogP contribution in [0.1, 0.15) is 19.3 Å². The van der Waals surface area contributed by atoms with Crippen LogP contribution >= 0.6 is 12.4 Å². The Balaban J connectivity index is 0.00000304. The molecule has 3 N–H and O–H groups in total. The SMILES string of the molecule is Cl.O=C(CN1CCCCC1)Nc1cc2cc(O)ccc2c(Oc2ccccc2)c1-c1ccc(O)cc1. The van der Waals surface area contributed by atoms with Crippen LogP contribution in [0.2, 0.25) is 0 Å².